The van der Waals surface area contributed by atoms with E-state index in [1.54, 1.807) is 7.11 Å². The third-order valence-corrected chi connectivity index (χ3v) is 5.33. The van der Waals surface area contributed by atoms with E-state index in [-0.39, 0.29) is 0 Å². The average molecular weight is 328 g/mol. The van der Waals surface area contributed by atoms with Crippen LogP contribution in [0.5, 0.6) is 5.75 Å². The van der Waals surface area contributed by atoms with Gasteiger partial charge in [0.25, 0.3) is 0 Å². The molecule has 1 saturated carbocycles. The van der Waals surface area contributed by atoms with Crippen molar-refractivity contribution in [3.63, 3.8) is 0 Å². The Morgan fingerprint density at radius 3 is 2.91 bits per heavy atom. The zero-order valence-corrected chi connectivity index (χ0v) is 14.1. The fourth-order valence-electron chi connectivity index (χ4n) is 3.33. The predicted molar refractivity (Wildman–Crippen MR) is 95.3 cm³/mol. The van der Waals surface area contributed by atoms with Crippen molar-refractivity contribution in [1.29, 1.82) is 0 Å². The summed E-state index contributed by atoms with van der Waals surface area (Å²) in [6, 6.07) is 7.95. The topological polar surface area (TPSA) is 49.6 Å². The second kappa shape index (κ2) is 6.35. The Labute approximate surface area is 140 Å². The molecule has 1 aromatic carbocycles. The summed E-state index contributed by atoms with van der Waals surface area (Å²) >= 11 is 1.41. The van der Waals surface area contributed by atoms with Crippen molar-refractivity contribution in [2.24, 2.45) is 20.4 Å². The van der Waals surface area contributed by atoms with Crippen LogP contribution in [0, 0.1) is 5.92 Å². The smallest absolute Gasteiger partial charge is 0.209 e. The molecule has 1 fully saturated rings. The summed E-state index contributed by atoms with van der Waals surface area (Å²) in [5, 5.41) is 7.69. The molecule has 120 valence electrons. The van der Waals surface area contributed by atoms with E-state index in [0.717, 1.165) is 28.9 Å². The minimum Gasteiger partial charge on any atom is -0.497 e. The number of hydrogen-bond donors (Lipinski definition) is 0. The van der Waals surface area contributed by atoms with E-state index in [9.17, 15) is 0 Å². The Balaban J connectivity index is 1.61. The van der Waals surface area contributed by atoms with Crippen molar-refractivity contribution in [1.82, 2.24) is 5.01 Å². The van der Waals surface area contributed by atoms with Crippen molar-refractivity contribution in [3.05, 3.63) is 29.8 Å². The van der Waals surface area contributed by atoms with Crippen LogP contribution >= 0.6 is 11.9 Å². The van der Waals surface area contributed by atoms with Crippen LogP contribution in [0.4, 0.5) is 0 Å². The van der Waals surface area contributed by atoms with Gasteiger partial charge in [-0.3, -0.25) is 4.99 Å². The van der Waals surface area contributed by atoms with E-state index in [0.29, 0.717) is 5.92 Å². The van der Waals surface area contributed by atoms with Crippen molar-refractivity contribution in [2.75, 3.05) is 13.7 Å². The molecule has 0 spiro atoms. The maximum atomic E-state index is 5.32. The molecule has 2 aliphatic heterocycles. The minimum atomic E-state index is 0.589. The van der Waals surface area contributed by atoms with Crippen LogP contribution < -0.4 is 4.74 Å². The molecular formula is C17H20N4OS. The van der Waals surface area contributed by atoms with Crippen LogP contribution in [-0.2, 0) is 0 Å². The van der Waals surface area contributed by atoms with Crippen LogP contribution in [0.1, 0.15) is 37.7 Å². The fraction of sp³-hybridized carbons (Fsp3) is 0.471. The normalized spacial score (nSPS) is 21.4. The standard InChI is InChI=1S/C17H20N4OS/c1-22-14-9-5-8-13(10-14)16-20-23-17-18-11-15(19-21(16)17)12-6-3-2-4-7-12/h5,8-10,12H,2-4,6-7,11H2,1H3. The molecule has 3 aliphatic rings. The first-order chi connectivity index (χ1) is 11.3. The molecule has 5 nitrogen and oxygen atoms in total. The highest BCUT2D eigenvalue weighted by Crippen LogP contribution is 2.31. The number of benzene rings is 1. The molecule has 1 aromatic rings. The third kappa shape index (κ3) is 2.87. The quantitative estimate of drug-likeness (QED) is 0.795. The lowest BCUT2D eigenvalue weighted by molar-refractivity contribution is 0.414. The summed E-state index contributed by atoms with van der Waals surface area (Å²) in [6.07, 6.45) is 6.47. The van der Waals surface area contributed by atoms with Gasteiger partial charge in [0.15, 0.2) is 5.84 Å². The molecule has 4 rings (SSSR count). The summed E-state index contributed by atoms with van der Waals surface area (Å²) in [7, 11) is 1.68. The lowest BCUT2D eigenvalue weighted by Crippen LogP contribution is -2.35. The number of hydrogen-bond acceptors (Lipinski definition) is 6. The van der Waals surface area contributed by atoms with Crippen LogP contribution in [-0.4, -0.2) is 35.4 Å². The highest BCUT2D eigenvalue weighted by Gasteiger charge is 2.31. The number of methoxy groups -OCH3 is 1. The second-order valence-corrected chi connectivity index (χ2v) is 6.81. The number of nitrogens with zero attached hydrogens (tertiary/aromatic N) is 4. The van der Waals surface area contributed by atoms with Crippen molar-refractivity contribution < 1.29 is 4.74 Å². The maximum absolute atomic E-state index is 5.32. The van der Waals surface area contributed by atoms with Crippen LogP contribution in [0.2, 0.25) is 0 Å². The summed E-state index contributed by atoms with van der Waals surface area (Å²) in [5.74, 6) is 2.26. The van der Waals surface area contributed by atoms with Gasteiger partial charge >= 0.3 is 0 Å². The number of rotatable bonds is 3. The first-order valence-corrected chi connectivity index (χ1v) is 8.94. The van der Waals surface area contributed by atoms with Gasteiger partial charge in [0.2, 0.25) is 5.17 Å². The Bertz CT molecular complexity index is 692. The van der Waals surface area contributed by atoms with E-state index >= 15 is 0 Å². The predicted octanol–water partition coefficient (Wildman–Crippen LogP) is 3.71. The SMILES string of the molecule is COc1cccc(C2=NSC3=NCC(C4CCCCC4)=NN32)c1. The van der Waals surface area contributed by atoms with Crippen molar-refractivity contribution >= 4 is 28.7 Å². The second-order valence-electron chi connectivity index (χ2n) is 6.08. The molecule has 0 amide bonds. The van der Waals surface area contributed by atoms with Gasteiger partial charge in [0.05, 0.1) is 31.3 Å². The molecule has 0 unspecified atom stereocenters. The Morgan fingerprint density at radius 1 is 1.22 bits per heavy atom. The van der Waals surface area contributed by atoms with E-state index in [1.165, 1.54) is 49.8 Å². The first-order valence-electron chi connectivity index (χ1n) is 8.16. The van der Waals surface area contributed by atoms with E-state index in [4.69, 9.17) is 14.8 Å². The summed E-state index contributed by atoms with van der Waals surface area (Å²) in [5.41, 5.74) is 2.22. The number of aliphatic imine (C=N–C) groups is 1. The number of fused-ring (bicyclic) bond motifs is 1. The lowest BCUT2D eigenvalue weighted by atomic mass is 9.85. The molecule has 0 radical (unpaired) electrons. The molecule has 0 saturated heterocycles. The Hall–Kier alpha value is -1.82. The monoisotopic (exact) mass is 328 g/mol. The van der Waals surface area contributed by atoms with Gasteiger partial charge < -0.3 is 4.74 Å². The average Bonchev–Trinajstić information content (AvgIpc) is 3.05. The Kier molecular flexibility index (Phi) is 4.08. The molecular weight excluding hydrogens is 308 g/mol. The molecule has 1 aliphatic carbocycles. The zero-order chi connectivity index (χ0) is 15.6. The van der Waals surface area contributed by atoms with Gasteiger partial charge in [-0.2, -0.15) is 14.5 Å². The van der Waals surface area contributed by atoms with E-state index in [2.05, 4.69) is 4.40 Å². The summed E-state index contributed by atoms with van der Waals surface area (Å²) in [6.45, 7) is 0.727. The number of ether oxygens (including phenoxy) is 1. The van der Waals surface area contributed by atoms with Crippen molar-refractivity contribution in [3.8, 4) is 5.75 Å². The van der Waals surface area contributed by atoms with Gasteiger partial charge in [0.1, 0.15) is 5.75 Å². The fourth-order valence-corrected chi connectivity index (χ4v) is 4.01. The highest BCUT2D eigenvalue weighted by molar-refractivity contribution is 8.13. The molecule has 23 heavy (non-hydrogen) atoms. The number of hydrazone groups is 1. The molecule has 0 N–H and O–H groups in total. The largest absolute Gasteiger partial charge is 0.497 e. The van der Waals surface area contributed by atoms with Gasteiger partial charge in [-0.1, -0.05) is 31.4 Å². The lowest BCUT2D eigenvalue weighted by Gasteiger charge is -2.27. The zero-order valence-electron chi connectivity index (χ0n) is 13.2. The number of amidine groups is 2. The van der Waals surface area contributed by atoms with Gasteiger partial charge in [-0.05, 0) is 25.0 Å². The molecule has 0 aromatic heterocycles. The van der Waals surface area contributed by atoms with Gasteiger partial charge in [0, 0.05) is 11.5 Å². The van der Waals surface area contributed by atoms with Gasteiger partial charge in [-0.15, -0.1) is 0 Å². The third-order valence-electron chi connectivity index (χ3n) is 4.60. The Morgan fingerprint density at radius 2 is 2.09 bits per heavy atom. The van der Waals surface area contributed by atoms with Crippen LogP contribution in [0.15, 0.2) is 38.8 Å². The molecule has 0 bridgehead atoms. The highest BCUT2D eigenvalue weighted by atomic mass is 32.2. The van der Waals surface area contributed by atoms with Gasteiger partial charge in [-0.25, -0.2) is 0 Å². The summed E-state index contributed by atoms with van der Waals surface area (Å²) in [4.78, 5) is 4.70. The molecule has 0 atom stereocenters. The van der Waals surface area contributed by atoms with Crippen LogP contribution in [0.3, 0.4) is 0 Å². The molecule has 2 heterocycles. The maximum Gasteiger partial charge on any atom is 0.209 e. The summed E-state index contributed by atoms with van der Waals surface area (Å²) < 4.78 is 9.89. The van der Waals surface area contributed by atoms with Crippen molar-refractivity contribution in [2.45, 2.75) is 32.1 Å². The first kappa shape index (κ1) is 14.8. The molecule has 6 heteroatoms. The van der Waals surface area contributed by atoms with E-state index in [1.807, 2.05) is 29.3 Å². The minimum absolute atomic E-state index is 0.589. The van der Waals surface area contributed by atoms with E-state index < -0.39 is 0 Å². The van der Waals surface area contributed by atoms with Crippen LogP contribution in [0.25, 0.3) is 0 Å².